The monoisotopic (exact) mass is 237 g/mol. The summed E-state index contributed by atoms with van der Waals surface area (Å²) in [5.41, 5.74) is 0. The first kappa shape index (κ1) is 12.1. The number of amides is 1. The first-order chi connectivity index (χ1) is 8.29. The van der Waals surface area contributed by atoms with Gasteiger partial charge >= 0.3 is 0 Å². The Bertz CT molecular complexity index is 370. The number of ether oxygens (including phenoxy) is 1. The fourth-order valence-electron chi connectivity index (χ4n) is 2.07. The van der Waals surface area contributed by atoms with Crippen LogP contribution in [-0.2, 0) is 22.5 Å². The summed E-state index contributed by atoms with van der Waals surface area (Å²) in [4.78, 5) is 16.0. The van der Waals surface area contributed by atoms with Crippen molar-refractivity contribution in [3.8, 4) is 0 Å². The molecule has 0 bridgehead atoms. The first-order valence-corrected chi connectivity index (χ1v) is 6.16. The van der Waals surface area contributed by atoms with Crippen molar-refractivity contribution >= 4 is 5.91 Å². The summed E-state index contributed by atoms with van der Waals surface area (Å²) >= 11 is 0. The number of carbonyl (C=O) groups excluding carboxylic acids is 1. The maximum Gasteiger partial charge on any atom is 0.240 e. The molecule has 0 radical (unpaired) electrons. The van der Waals surface area contributed by atoms with Crippen molar-refractivity contribution in [2.75, 3.05) is 13.2 Å². The lowest BCUT2D eigenvalue weighted by molar-refractivity contribution is -0.123. The molecule has 94 valence electrons. The van der Waals surface area contributed by atoms with Gasteiger partial charge in [0.15, 0.2) is 0 Å². The van der Waals surface area contributed by atoms with Crippen molar-refractivity contribution in [3.05, 3.63) is 18.2 Å². The molecule has 0 atom stereocenters. The van der Waals surface area contributed by atoms with Gasteiger partial charge in [0.1, 0.15) is 12.4 Å². The zero-order valence-corrected chi connectivity index (χ0v) is 10.2. The van der Waals surface area contributed by atoms with Gasteiger partial charge in [-0.3, -0.25) is 4.79 Å². The van der Waals surface area contributed by atoms with E-state index in [0.29, 0.717) is 6.54 Å². The van der Waals surface area contributed by atoms with Crippen molar-refractivity contribution in [1.82, 2.24) is 14.9 Å². The highest BCUT2D eigenvalue weighted by molar-refractivity contribution is 5.76. The highest BCUT2D eigenvalue weighted by Crippen LogP contribution is 2.06. The highest BCUT2D eigenvalue weighted by atomic mass is 16.5. The molecule has 0 unspecified atom stereocenters. The Morgan fingerprint density at radius 3 is 3.06 bits per heavy atom. The number of aryl methyl sites for hydroxylation is 1. The zero-order chi connectivity index (χ0) is 12.1. The predicted molar refractivity (Wildman–Crippen MR) is 63.6 cm³/mol. The van der Waals surface area contributed by atoms with E-state index in [1.807, 2.05) is 17.7 Å². The molecule has 1 amide bonds. The average Bonchev–Trinajstić information content (AvgIpc) is 2.77. The van der Waals surface area contributed by atoms with E-state index in [-0.39, 0.29) is 11.9 Å². The van der Waals surface area contributed by atoms with Crippen molar-refractivity contribution in [3.63, 3.8) is 0 Å². The van der Waals surface area contributed by atoms with Crippen LogP contribution >= 0.6 is 0 Å². The number of hydrogen-bond acceptors (Lipinski definition) is 3. The zero-order valence-electron chi connectivity index (χ0n) is 10.2. The Morgan fingerprint density at radius 2 is 2.35 bits per heavy atom. The van der Waals surface area contributed by atoms with Crippen LogP contribution in [0.5, 0.6) is 0 Å². The molecular formula is C12H19N3O2. The van der Waals surface area contributed by atoms with E-state index in [9.17, 15) is 4.79 Å². The topological polar surface area (TPSA) is 56.2 Å². The van der Waals surface area contributed by atoms with Crippen molar-refractivity contribution in [2.24, 2.45) is 0 Å². The summed E-state index contributed by atoms with van der Waals surface area (Å²) in [5, 5.41) is 3.04. The molecule has 5 heteroatoms. The van der Waals surface area contributed by atoms with E-state index in [1.54, 1.807) is 6.20 Å². The van der Waals surface area contributed by atoms with Gasteiger partial charge in [-0.15, -0.1) is 0 Å². The number of nitrogens with zero attached hydrogens (tertiary/aromatic N) is 2. The van der Waals surface area contributed by atoms with E-state index in [2.05, 4.69) is 10.3 Å². The number of imidazole rings is 1. The van der Waals surface area contributed by atoms with E-state index >= 15 is 0 Å². The van der Waals surface area contributed by atoms with Gasteiger partial charge in [0.05, 0.1) is 0 Å². The van der Waals surface area contributed by atoms with Crippen LogP contribution in [0.25, 0.3) is 0 Å². The first-order valence-electron chi connectivity index (χ1n) is 6.16. The maximum atomic E-state index is 11.8. The number of nitrogens with one attached hydrogen (secondary N) is 1. The Labute approximate surface area is 101 Å². The second-order valence-corrected chi connectivity index (χ2v) is 4.28. The standard InChI is InChI=1S/C12H19N3O2/c1-2-11-13-5-6-15(11)9-12(16)14-10-3-7-17-8-4-10/h5-6,10H,2-4,7-9H2,1H3,(H,14,16). The van der Waals surface area contributed by atoms with Gasteiger partial charge in [-0.05, 0) is 12.8 Å². The van der Waals surface area contributed by atoms with Gasteiger partial charge in [0.2, 0.25) is 5.91 Å². The third kappa shape index (κ3) is 3.30. The molecular weight excluding hydrogens is 218 g/mol. The lowest BCUT2D eigenvalue weighted by Crippen LogP contribution is -2.40. The predicted octanol–water partition coefficient (Wildman–Crippen LogP) is 0.741. The van der Waals surface area contributed by atoms with Crippen LogP contribution in [0, 0.1) is 0 Å². The van der Waals surface area contributed by atoms with Gasteiger partial charge in [-0.1, -0.05) is 6.92 Å². The largest absolute Gasteiger partial charge is 0.381 e. The second-order valence-electron chi connectivity index (χ2n) is 4.28. The lowest BCUT2D eigenvalue weighted by atomic mass is 10.1. The molecule has 1 aromatic heterocycles. The summed E-state index contributed by atoms with van der Waals surface area (Å²) in [7, 11) is 0. The van der Waals surface area contributed by atoms with Crippen LogP contribution in [-0.4, -0.2) is 34.7 Å². The highest BCUT2D eigenvalue weighted by Gasteiger charge is 2.16. The minimum absolute atomic E-state index is 0.0598. The summed E-state index contributed by atoms with van der Waals surface area (Å²) in [6.07, 6.45) is 6.26. The molecule has 0 aliphatic carbocycles. The average molecular weight is 237 g/mol. The Morgan fingerprint density at radius 1 is 1.59 bits per heavy atom. The van der Waals surface area contributed by atoms with Gasteiger partial charge in [0, 0.05) is 38.1 Å². The fourth-order valence-corrected chi connectivity index (χ4v) is 2.07. The number of aromatic nitrogens is 2. The van der Waals surface area contributed by atoms with Gasteiger partial charge in [0.25, 0.3) is 0 Å². The van der Waals surface area contributed by atoms with Crippen molar-refractivity contribution in [1.29, 1.82) is 0 Å². The Balaban J connectivity index is 1.84. The summed E-state index contributed by atoms with van der Waals surface area (Å²) < 4.78 is 7.15. The van der Waals surface area contributed by atoms with Crippen molar-refractivity contribution < 1.29 is 9.53 Å². The molecule has 1 N–H and O–H groups in total. The molecule has 0 saturated carbocycles. The van der Waals surface area contributed by atoms with E-state index in [0.717, 1.165) is 38.3 Å². The van der Waals surface area contributed by atoms with E-state index in [1.165, 1.54) is 0 Å². The smallest absolute Gasteiger partial charge is 0.240 e. The third-order valence-electron chi connectivity index (χ3n) is 3.02. The van der Waals surface area contributed by atoms with E-state index < -0.39 is 0 Å². The fraction of sp³-hybridized carbons (Fsp3) is 0.667. The minimum Gasteiger partial charge on any atom is -0.381 e. The number of hydrogen-bond donors (Lipinski definition) is 1. The lowest BCUT2D eigenvalue weighted by Gasteiger charge is -2.23. The minimum atomic E-state index is 0.0598. The molecule has 1 fully saturated rings. The maximum absolute atomic E-state index is 11.8. The molecule has 1 aliphatic heterocycles. The third-order valence-corrected chi connectivity index (χ3v) is 3.02. The molecule has 5 nitrogen and oxygen atoms in total. The SMILES string of the molecule is CCc1nccn1CC(=O)NC1CCOCC1. The van der Waals surface area contributed by atoms with Crippen molar-refractivity contribution in [2.45, 2.75) is 38.8 Å². The number of rotatable bonds is 4. The molecule has 0 aromatic carbocycles. The molecule has 1 aromatic rings. The van der Waals surface area contributed by atoms with Gasteiger partial charge in [-0.2, -0.15) is 0 Å². The van der Waals surface area contributed by atoms with Crippen LogP contribution in [0.4, 0.5) is 0 Å². The van der Waals surface area contributed by atoms with Crippen LogP contribution < -0.4 is 5.32 Å². The molecule has 0 spiro atoms. The summed E-state index contributed by atoms with van der Waals surface area (Å²) in [6, 6.07) is 0.268. The summed E-state index contributed by atoms with van der Waals surface area (Å²) in [6.45, 7) is 3.89. The van der Waals surface area contributed by atoms with Gasteiger partial charge in [-0.25, -0.2) is 4.98 Å². The van der Waals surface area contributed by atoms with Crippen LogP contribution in [0.2, 0.25) is 0 Å². The molecule has 1 aliphatic rings. The molecule has 17 heavy (non-hydrogen) atoms. The second kappa shape index (κ2) is 5.82. The van der Waals surface area contributed by atoms with Gasteiger partial charge < -0.3 is 14.6 Å². The van der Waals surface area contributed by atoms with E-state index in [4.69, 9.17) is 4.74 Å². The summed E-state index contributed by atoms with van der Waals surface area (Å²) in [5.74, 6) is 1.01. The molecule has 2 heterocycles. The molecule has 2 rings (SSSR count). The van der Waals surface area contributed by atoms with Crippen LogP contribution in [0.1, 0.15) is 25.6 Å². The quantitative estimate of drug-likeness (QED) is 0.840. The Kier molecular flexibility index (Phi) is 4.14. The van der Waals surface area contributed by atoms with Crippen LogP contribution in [0.15, 0.2) is 12.4 Å². The Hall–Kier alpha value is -1.36. The van der Waals surface area contributed by atoms with Crippen LogP contribution in [0.3, 0.4) is 0 Å². The molecule has 1 saturated heterocycles. The normalized spacial score (nSPS) is 17.0. The number of carbonyl (C=O) groups is 1.